The second kappa shape index (κ2) is 13.3. The summed E-state index contributed by atoms with van der Waals surface area (Å²) in [4.78, 5) is 16.6. The van der Waals surface area contributed by atoms with Crippen LogP contribution in [0.1, 0.15) is 48.9 Å². The van der Waals surface area contributed by atoms with Gasteiger partial charge in [0.05, 0.1) is 30.6 Å². The molecule has 0 radical (unpaired) electrons. The van der Waals surface area contributed by atoms with E-state index in [0.29, 0.717) is 22.8 Å². The molecule has 2 fully saturated rings. The number of halogens is 5. The van der Waals surface area contributed by atoms with Crippen molar-refractivity contribution < 1.29 is 31.4 Å². The fourth-order valence-electron chi connectivity index (χ4n) is 7.42. The van der Waals surface area contributed by atoms with Crippen molar-refractivity contribution in [1.29, 1.82) is 5.26 Å². The van der Waals surface area contributed by atoms with E-state index in [-0.39, 0.29) is 57.7 Å². The van der Waals surface area contributed by atoms with E-state index in [4.69, 9.17) is 20.9 Å². The number of thiophene rings is 1. The Bertz CT molecular complexity index is 2180. The number of hydrogen-bond donors (Lipinski definition) is 2. The molecule has 3 unspecified atom stereocenters. The average Bonchev–Trinajstić information content (AvgIpc) is 3.74. The Labute approximate surface area is 293 Å². The van der Waals surface area contributed by atoms with Crippen LogP contribution < -0.4 is 25.8 Å². The Hall–Kier alpha value is -5.01. The highest BCUT2D eigenvalue weighted by molar-refractivity contribution is 7.23. The van der Waals surface area contributed by atoms with Crippen LogP contribution in [-0.4, -0.2) is 65.4 Å². The van der Waals surface area contributed by atoms with Gasteiger partial charge in [-0.05, 0) is 50.4 Å². The standard InChI is InChI=1S/C28H21F4N7O2S.C7H12FN/c1-12(13-6-4-8-36-24(13)34)39-9-10-41-23-19-22(37-27(40-2)38-26(19)39)21(29)18(20(23)28(30,31)32)14-5-3-7-16-17(14)15(11-33)25(35)42-16;8-6-4-7-2-1-3-9(7)5-6/h3-8,12H,9-10,35H2,1-2H3,(H2,34,36);6-7H,1-5H2. The monoisotopic (exact) mass is 724 g/mol. The number of methoxy groups -OCH3 is 1. The van der Waals surface area contributed by atoms with Crippen LogP contribution in [0.15, 0.2) is 36.5 Å². The first-order chi connectivity index (χ1) is 24.4. The van der Waals surface area contributed by atoms with Crippen molar-refractivity contribution in [3.8, 4) is 29.0 Å². The van der Waals surface area contributed by atoms with Crippen LogP contribution >= 0.6 is 11.3 Å². The number of ether oxygens (including phenoxy) is 2. The van der Waals surface area contributed by atoms with Crippen LogP contribution in [0.2, 0.25) is 0 Å². The second-order valence-corrected chi connectivity index (χ2v) is 13.7. The van der Waals surface area contributed by atoms with Crippen molar-refractivity contribution in [2.24, 2.45) is 0 Å². The molecule has 0 amide bonds. The molecule has 3 aromatic heterocycles. The lowest BCUT2D eigenvalue weighted by Crippen LogP contribution is -2.31. The minimum atomic E-state index is -5.08. The van der Waals surface area contributed by atoms with E-state index < -0.39 is 46.6 Å². The van der Waals surface area contributed by atoms with Gasteiger partial charge in [-0.25, -0.2) is 13.8 Å². The summed E-state index contributed by atoms with van der Waals surface area (Å²) in [5.41, 5.74) is 9.90. The number of nitrogens with two attached hydrogens (primary N) is 2. The molecule has 8 rings (SSSR count). The molecule has 266 valence electrons. The number of nitrogens with zero attached hydrogens (tertiary/aromatic N) is 6. The summed E-state index contributed by atoms with van der Waals surface area (Å²) in [6.07, 6.45) is -0.750. The normalized spacial score (nSPS) is 19.2. The van der Waals surface area contributed by atoms with Crippen molar-refractivity contribution in [3.63, 3.8) is 0 Å². The molecule has 3 aliphatic rings. The molecule has 3 atom stereocenters. The summed E-state index contributed by atoms with van der Waals surface area (Å²) >= 11 is 1.02. The third-order valence-corrected chi connectivity index (χ3v) is 10.7. The zero-order valence-electron chi connectivity index (χ0n) is 27.6. The maximum Gasteiger partial charge on any atom is 0.420 e. The molecule has 16 heteroatoms. The van der Waals surface area contributed by atoms with Crippen LogP contribution in [0.4, 0.5) is 38.6 Å². The van der Waals surface area contributed by atoms with Gasteiger partial charge in [-0.3, -0.25) is 4.90 Å². The van der Waals surface area contributed by atoms with Gasteiger partial charge in [0, 0.05) is 40.0 Å². The lowest BCUT2D eigenvalue weighted by molar-refractivity contribution is -0.138. The van der Waals surface area contributed by atoms with Gasteiger partial charge < -0.3 is 25.8 Å². The summed E-state index contributed by atoms with van der Waals surface area (Å²) < 4.78 is 86.0. The third-order valence-electron chi connectivity index (χ3n) is 9.69. The number of rotatable bonds is 4. The third kappa shape index (κ3) is 5.97. The van der Waals surface area contributed by atoms with Crippen LogP contribution in [0.5, 0.6) is 11.8 Å². The van der Waals surface area contributed by atoms with Gasteiger partial charge in [-0.1, -0.05) is 18.2 Å². The van der Waals surface area contributed by atoms with Gasteiger partial charge in [-0.2, -0.15) is 28.4 Å². The van der Waals surface area contributed by atoms with Crippen LogP contribution in [-0.2, 0) is 6.18 Å². The summed E-state index contributed by atoms with van der Waals surface area (Å²) in [6.45, 7) is 3.50. The van der Waals surface area contributed by atoms with E-state index >= 15 is 17.6 Å². The maximum atomic E-state index is 16.7. The van der Waals surface area contributed by atoms with E-state index in [1.807, 2.05) is 6.07 Å². The summed E-state index contributed by atoms with van der Waals surface area (Å²) in [5.74, 6) is -1.70. The molecule has 5 aromatic rings. The number of alkyl halides is 4. The molecule has 3 aliphatic heterocycles. The van der Waals surface area contributed by atoms with Gasteiger partial charge in [0.25, 0.3) is 0 Å². The first-order valence-electron chi connectivity index (χ1n) is 16.3. The van der Waals surface area contributed by atoms with Gasteiger partial charge in [0.15, 0.2) is 5.82 Å². The lowest BCUT2D eigenvalue weighted by atomic mass is 9.91. The van der Waals surface area contributed by atoms with Gasteiger partial charge in [-0.15, -0.1) is 11.3 Å². The predicted octanol–water partition coefficient (Wildman–Crippen LogP) is 7.26. The van der Waals surface area contributed by atoms with Gasteiger partial charge in [0.1, 0.15) is 52.3 Å². The highest BCUT2D eigenvalue weighted by Crippen LogP contribution is 2.53. The summed E-state index contributed by atoms with van der Waals surface area (Å²) in [6, 6.07) is 9.56. The molecule has 0 saturated carbocycles. The average molecular weight is 725 g/mol. The van der Waals surface area contributed by atoms with Crippen LogP contribution in [0.3, 0.4) is 0 Å². The highest BCUT2D eigenvalue weighted by atomic mass is 32.1. The number of aromatic nitrogens is 3. The molecule has 2 aromatic carbocycles. The van der Waals surface area contributed by atoms with Gasteiger partial charge in [0.2, 0.25) is 0 Å². The number of fused-ring (bicyclic) bond motifs is 2. The molecule has 0 bridgehead atoms. The molecule has 0 spiro atoms. The minimum absolute atomic E-state index is 0.0215. The number of hydrogen-bond acceptors (Lipinski definition) is 11. The molecule has 2 saturated heterocycles. The number of benzene rings is 2. The van der Waals surface area contributed by atoms with E-state index in [1.54, 1.807) is 30.0 Å². The Morgan fingerprint density at radius 3 is 2.65 bits per heavy atom. The fraction of sp³-hybridized carbons (Fsp3) is 0.371. The van der Waals surface area contributed by atoms with Crippen LogP contribution in [0.25, 0.3) is 32.1 Å². The Kier molecular flexibility index (Phi) is 8.96. The Morgan fingerprint density at radius 2 is 1.94 bits per heavy atom. The quantitative estimate of drug-likeness (QED) is 0.182. The predicted molar refractivity (Wildman–Crippen MR) is 185 cm³/mol. The van der Waals surface area contributed by atoms with Crippen molar-refractivity contribution in [2.75, 3.05) is 49.7 Å². The first-order valence-corrected chi connectivity index (χ1v) is 17.1. The number of pyridine rings is 1. The largest absolute Gasteiger partial charge is 0.490 e. The van der Waals surface area contributed by atoms with Crippen molar-refractivity contribution in [1.82, 2.24) is 19.9 Å². The SMILES string of the molecule is COc1nc2c3c(c(C(F)(F)F)c(-c4cccc5sc(N)c(C#N)c45)c(F)c3n1)OCCN2C(C)c1cccnc1N.FC1CC2CCCN2C1. The highest BCUT2D eigenvalue weighted by Gasteiger charge is 2.44. The first kappa shape index (κ1) is 34.4. The molecular formula is C35H33F5N8O2S. The molecular weight excluding hydrogens is 691 g/mol. The van der Waals surface area contributed by atoms with E-state index in [1.165, 1.54) is 38.3 Å². The lowest BCUT2D eigenvalue weighted by Gasteiger charge is -2.30. The molecule has 0 aliphatic carbocycles. The summed E-state index contributed by atoms with van der Waals surface area (Å²) in [5, 5.41) is 9.72. The van der Waals surface area contributed by atoms with E-state index in [2.05, 4.69) is 19.9 Å². The van der Waals surface area contributed by atoms with E-state index in [0.717, 1.165) is 24.3 Å². The van der Waals surface area contributed by atoms with Gasteiger partial charge >= 0.3 is 12.2 Å². The zero-order valence-corrected chi connectivity index (χ0v) is 28.4. The second-order valence-electron chi connectivity index (χ2n) is 12.6. The van der Waals surface area contributed by atoms with Crippen molar-refractivity contribution >= 4 is 49.0 Å². The Balaban J connectivity index is 0.000000389. The molecule has 10 nitrogen and oxygen atoms in total. The van der Waals surface area contributed by atoms with E-state index in [9.17, 15) is 9.65 Å². The molecule has 4 N–H and O–H groups in total. The number of anilines is 3. The van der Waals surface area contributed by atoms with Crippen molar-refractivity contribution in [3.05, 3.63) is 59.0 Å². The number of nitrogen functional groups attached to an aromatic ring is 2. The topological polar surface area (TPSA) is 139 Å². The summed E-state index contributed by atoms with van der Waals surface area (Å²) in [7, 11) is 1.27. The number of nitriles is 1. The van der Waals surface area contributed by atoms with Crippen molar-refractivity contribution in [2.45, 2.75) is 50.6 Å². The molecule has 6 heterocycles. The van der Waals surface area contributed by atoms with Crippen LogP contribution in [0, 0.1) is 17.1 Å². The maximum absolute atomic E-state index is 16.7. The zero-order chi connectivity index (χ0) is 36.2. The Morgan fingerprint density at radius 1 is 1.14 bits per heavy atom. The smallest absolute Gasteiger partial charge is 0.420 e. The molecule has 51 heavy (non-hydrogen) atoms. The minimum Gasteiger partial charge on any atom is -0.490 e. The fourth-order valence-corrected chi connectivity index (χ4v) is 8.37.